The third-order valence-electron chi connectivity index (χ3n) is 9.55. The number of benzene rings is 2. The molecule has 1 atom stereocenters. The molecule has 1 unspecified atom stereocenters. The topological polar surface area (TPSA) is 118 Å². The molecule has 10 nitrogen and oxygen atoms in total. The predicted octanol–water partition coefficient (Wildman–Crippen LogP) is 5.59. The van der Waals surface area contributed by atoms with Gasteiger partial charge in [-0.1, -0.05) is 50.2 Å². The molecule has 2 aromatic heterocycles. The number of carbonyl (C=O) groups is 3. The molecule has 0 saturated carbocycles. The Bertz CT molecular complexity index is 1780. The number of piperidine rings is 2. The van der Waals surface area contributed by atoms with Crippen molar-refractivity contribution in [3.63, 3.8) is 0 Å². The lowest BCUT2D eigenvalue weighted by atomic mass is 9.87. The van der Waals surface area contributed by atoms with Gasteiger partial charge in [0.15, 0.2) is 0 Å². The van der Waals surface area contributed by atoms with Gasteiger partial charge < -0.3 is 9.64 Å². The van der Waals surface area contributed by atoms with E-state index in [4.69, 9.17) is 4.74 Å². The first-order chi connectivity index (χ1) is 22.8. The summed E-state index contributed by atoms with van der Waals surface area (Å²) < 4.78 is 5.72. The molecule has 7 rings (SSSR count). The molecule has 4 aromatic rings. The van der Waals surface area contributed by atoms with E-state index in [2.05, 4.69) is 75.4 Å². The lowest BCUT2D eigenvalue weighted by molar-refractivity contribution is -0.136. The fourth-order valence-electron chi connectivity index (χ4n) is 6.72. The quantitative estimate of drug-likeness (QED) is 0.250. The molecule has 5 heterocycles. The van der Waals surface area contributed by atoms with Gasteiger partial charge in [0.25, 0.3) is 5.91 Å². The van der Waals surface area contributed by atoms with Gasteiger partial charge >= 0.3 is 6.01 Å². The fraction of sp³-hybridized carbons (Fsp3) is 0.351. The van der Waals surface area contributed by atoms with Gasteiger partial charge in [-0.05, 0) is 84.1 Å². The van der Waals surface area contributed by atoms with Crippen LogP contribution in [0.1, 0.15) is 84.0 Å². The molecular formula is C37H38N6O4. The Morgan fingerprint density at radius 1 is 0.872 bits per heavy atom. The van der Waals surface area contributed by atoms with Crippen molar-refractivity contribution in [1.82, 2.24) is 30.1 Å². The molecule has 2 saturated heterocycles. The van der Waals surface area contributed by atoms with Gasteiger partial charge in [-0.3, -0.25) is 24.6 Å². The standard InChI is InChI=1S/C37H38N6O4/c1-23(2)30-19-39-37(40-20-30)47-34-12-8-28(18-38-34)25-5-3-24(4-6-25)21-42-15-13-26(14-16-42)27-7-9-31-29(17-27)22-43(36(31)46)32-10-11-33(44)41-35(32)45/h3-9,12,17-20,23,26,32H,10-11,13-16,21-22H2,1-2H3,(H,41,44,45). The largest absolute Gasteiger partial charge is 0.405 e. The number of amides is 3. The number of nitrogens with one attached hydrogen (secondary N) is 1. The highest BCUT2D eigenvalue weighted by Crippen LogP contribution is 2.34. The molecule has 0 spiro atoms. The average molecular weight is 631 g/mol. The first-order valence-electron chi connectivity index (χ1n) is 16.4. The summed E-state index contributed by atoms with van der Waals surface area (Å²) >= 11 is 0. The average Bonchev–Trinajstić information content (AvgIpc) is 3.41. The first kappa shape index (κ1) is 30.7. The van der Waals surface area contributed by atoms with E-state index in [0.29, 0.717) is 36.2 Å². The smallest absolute Gasteiger partial charge is 0.323 e. The molecule has 2 aromatic carbocycles. The van der Waals surface area contributed by atoms with Crippen LogP contribution in [0.5, 0.6) is 11.9 Å². The monoisotopic (exact) mass is 630 g/mol. The summed E-state index contributed by atoms with van der Waals surface area (Å²) in [4.78, 5) is 54.2. The Balaban J connectivity index is 0.909. The van der Waals surface area contributed by atoms with Crippen LogP contribution in [-0.2, 0) is 22.7 Å². The molecular weight excluding hydrogens is 592 g/mol. The number of likely N-dealkylation sites (tertiary alicyclic amines) is 1. The second-order valence-electron chi connectivity index (χ2n) is 13.0. The molecule has 0 aliphatic carbocycles. The van der Waals surface area contributed by atoms with Crippen LogP contribution in [0.4, 0.5) is 0 Å². The summed E-state index contributed by atoms with van der Waals surface area (Å²) in [6.07, 6.45) is 8.11. The summed E-state index contributed by atoms with van der Waals surface area (Å²) in [7, 11) is 0. The molecule has 3 aliphatic heterocycles. The summed E-state index contributed by atoms with van der Waals surface area (Å²) in [6.45, 7) is 7.51. The van der Waals surface area contributed by atoms with Crippen LogP contribution >= 0.6 is 0 Å². The van der Waals surface area contributed by atoms with E-state index in [9.17, 15) is 14.4 Å². The molecule has 1 N–H and O–H groups in total. The maximum Gasteiger partial charge on any atom is 0.323 e. The molecule has 2 fully saturated rings. The minimum absolute atomic E-state index is 0.123. The number of rotatable bonds is 8. The second-order valence-corrected chi connectivity index (χ2v) is 13.0. The molecule has 0 bridgehead atoms. The Hall–Kier alpha value is -4.96. The number of aromatic nitrogens is 3. The number of imide groups is 1. The summed E-state index contributed by atoms with van der Waals surface area (Å²) in [5.41, 5.74) is 7.33. The van der Waals surface area contributed by atoms with E-state index in [1.807, 2.05) is 18.2 Å². The van der Waals surface area contributed by atoms with Crippen LogP contribution in [0.25, 0.3) is 11.1 Å². The Morgan fingerprint density at radius 3 is 2.30 bits per heavy atom. The highest BCUT2D eigenvalue weighted by atomic mass is 16.5. The summed E-state index contributed by atoms with van der Waals surface area (Å²) in [6, 6.07) is 18.3. The summed E-state index contributed by atoms with van der Waals surface area (Å²) in [5, 5.41) is 2.37. The Labute approximate surface area is 274 Å². The van der Waals surface area contributed by atoms with Crippen LogP contribution in [0.15, 0.2) is 73.2 Å². The van der Waals surface area contributed by atoms with Gasteiger partial charge in [0.2, 0.25) is 17.7 Å². The number of hydrogen-bond donors (Lipinski definition) is 1. The first-order valence-corrected chi connectivity index (χ1v) is 16.4. The zero-order chi connectivity index (χ0) is 32.5. The van der Waals surface area contributed by atoms with Crippen LogP contribution in [-0.4, -0.2) is 61.6 Å². The van der Waals surface area contributed by atoms with Crippen molar-refractivity contribution in [2.75, 3.05) is 13.1 Å². The third kappa shape index (κ3) is 6.64. The van der Waals surface area contributed by atoms with Crippen molar-refractivity contribution in [2.45, 2.75) is 70.5 Å². The van der Waals surface area contributed by atoms with Gasteiger partial charge in [-0.15, -0.1) is 0 Å². The van der Waals surface area contributed by atoms with Gasteiger partial charge in [0, 0.05) is 55.3 Å². The second kappa shape index (κ2) is 13.0. The van der Waals surface area contributed by atoms with Crippen molar-refractivity contribution in [2.24, 2.45) is 0 Å². The number of nitrogens with zero attached hydrogens (tertiary/aromatic N) is 5. The third-order valence-corrected chi connectivity index (χ3v) is 9.55. The zero-order valence-corrected chi connectivity index (χ0v) is 26.7. The van der Waals surface area contributed by atoms with E-state index < -0.39 is 6.04 Å². The number of fused-ring (bicyclic) bond motifs is 1. The van der Waals surface area contributed by atoms with Crippen LogP contribution in [0, 0.1) is 0 Å². The van der Waals surface area contributed by atoms with Gasteiger partial charge in [0.1, 0.15) is 6.04 Å². The van der Waals surface area contributed by atoms with E-state index in [1.54, 1.807) is 23.5 Å². The number of ether oxygens (including phenoxy) is 1. The van der Waals surface area contributed by atoms with E-state index in [-0.39, 0.29) is 30.2 Å². The molecule has 240 valence electrons. The Kier molecular flexibility index (Phi) is 8.51. The van der Waals surface area contributed by atoms with Crippen LogP contribution in [0.3, 0.4) is 0 Å². The van der Waals surface area contributed by atoms with E-state index >= 15 is 0 Å². The van der Waals surface area contributed by atoms with Crippen molar-refractivity contribution < 1.29 is 19.1 Å². The molecule has 47 heavy (non-hydrogen) atoms. The van der Waals surface area contributed by atoms with Gasteiger partial charge in [-0.25, -0.2) is 15.0 Å². The lowest BCUT2D eigenvalue weighted by Crippen LogP contribution is -2.52. The van der Waals surface area contributed by atoms with Crippen LogP contribution in [0.2, 0.25) is 0 Å². The van der Waals surface area contributed by atoms with E-state index in [1.165, 1.54) is 11.1 Å². The number of hydrogen-bond acceptors (Lipinski definition) is 8. The summed E-state index contributed by atoms with van der Waals surface area (Å²) in [5.74, 6) is 0.480. The maximum atomic E-state index is 13.1. The van der Waals surface area contributed by atoms with Gasteiger partial charge in [-0.2, -0.15) is 0 Å². The zero-order valence-electron chi connectivity index (χ0n) is 26.7. The van der Waals surface area contributed by atoms with Crippen molar-refractivity contribution in [3.8, 4) is 23.0 Å². The predicted molar refractivity (Wildman–Crippen MR) is 176 cm³/mol. The minimum Gasteiger partial charge on any atom is -0.405 e. The van der Waals surface area contributed by atoms with Crippen molar-refractivity contribution >= 4 is 17.7 Å². The normalized spacial score (nSPS) is 18.8. The van der Waals surface area contributed by atoms with Crippen molar-refractivity contribution in [3.05, 3.63) is 101 Å². The van der Waals surface area contributed by atoms with Crippen molar-refractivity contribution in [1.29, 1.82) is 0 Å². The highest BCUT2D eigenvalue weighted by molar-refractivity contribution is 6.05. The number of carbonyl (C=O) groups excluding carboxylic acids is 3. The molecule has 10 heteroatoms. The Morgan fingerprint density at radius 2 is 1.62 bits per heavy atom. The minimum atomic E-state index is -0.584. The molecule has 3 amide bonds. The molecule has 0 radical (unpaired) electrons. The van der Waals surface area contributed by atoms with Gasteiger partial charge in [0.05, 0.1) is 0 Å². The highest BCUT2D eigenvalue weighted by Gasteiger charge is 2.39. The fourth-order valence-corrected chi connectivity index (χ4v) is 6.72. The van der Waals surface area contributed by atoms with Crippen LogP contribution < -0.4 is 10.1 Å². The SMILES string of the molecule is CC(C)c1cnc(Oc2ccc(-c3ccc(CN4CCC(c5ccc6c(c5)CN(C5CCC(=O)NC5=O)C6=O)CC4)cc3)cn2)nc1. The maximum absolute atomic E-state index is 13.1. The number of pyridine rings is 1. The lowest BCUT2D eigenvalue weighted by Gasteiger charge is -2.32. The van der Waals surface area contributed by atoms with E-state index in [0.717, 1.165) is 54.7 Å². The molecule has 3 aliphatic rings.